The average molecular weight is 244 g/mol. The number of ether oxygens (including phenoxy) is 1. The Hall–Kier alpha value is -0.860. The van der Waals surface area contributed by atoms with Crippen LogP contribution in [0.4, 0.5) is 4.39 Å². The van der Waals surface area contributed by atoms with Crippen LogP contribution < -0.4 is 0 Å². The van der Waals surface area contributed by atoms with Gasteiger partial charge in [-0.25, -0.2) is 9.18 Å². The predicted octanol–water partition coefficient (Wildman–Crippen LogP) is 4.05. The number of hydrogen-bond donors (Lipinski definition) is 0. The highest BCUT2D eigenvalue weighted by Crippen LogP contribution is 2.38. The Morgan fingerprint density at radius 2 is 1.47 bits per heavy atom. The van der Waals surface area contributed by atoms with Gasteiger partial charge in [-0.05, 0) is 40.7 Å². The lowest BCUT2D eigenvalue weighted by Gasteiger charge is -2.35. The first-order chi connectivity index (χ1) is 7.29. The van der Waals surface area contributed by atoms with Crippen LogP contribution in [0.5, 0.6) is 0 Å². The molecule has 0 N–H and O–H groups in total. The van der Waals surface area contributed by atoms with Gasteiger partial charge >= 0.3 is 5.97 Å². The summed E-state index contributed by atoms with van der Waals surface area (Å²) in [5.74, 6) is -0.821. The number of hydrogen-bond acceptors (Lipinski definition) is 2. The van der Waals surface area contributed by atoms with Crippen LogP contribution in [0.3, 0.4) is 0 Å². The number of halogens is 1. The van der Waals surface area contributed by atoms with Gasteiger partial charge in [0.2, 0.25) is 5.67 Å². The van der Waals surface area contributed by atoms with Gasteiger partial charge in [0.25, 0.3) is 0 Å². The Labute approximate surface area is 104 Å². The zero-order valence-electron chi connectivity index (χ0n) is 12.3. The predicted molar refractivity (Wildman–Crippen MR) is 68.6 cm³/mol. The average Bonchev–Trinajstić information content (AvgIpc) is 1.96. The summed E-state index contributed by atoms with van der Waals surface area (Å²) in [5.41, 5.74) is -2.87. The zero-order chi connectivity index (χ0) is 14.1. The molecule has 0 aliphatic carbocycles. The molecule has 0 rings (SSSR count). The van der Waals surface area contributed by atoms with Crippen molar-refractivity contribution in [3.05, 3.63) is 11.6 Å². The van der Waals surface area contributed by atoms with Crippen molar-refractivity contribution in [2.75, 3.05) is 0 Å². The van der Waals surface area contributed by atoms with Crippen molar-refractivity contribution in [2.24, 2.45) is 5.41 Å². The fraction of sp³-hybridized carbons (Fsp3) is 0.786. The SMILES string of the molecule is CC(C)=CC(F)(C(=O)OC(C)(C)C)C(C)(C)C. The molecule has 0 aromatic rings. The first kappa shape index (κ1) is 16.1. The molecule has 3 heteroatoms. The third kappa shape index (κ3) is 4.49. The lowest BCUT2D eigenvalue weighted by molar-refractivity contribution is -0.172. The minimum atomic E-state index is -2.10. The molecule has 0 aromatic heterocycles. The number of allylic oxidation sites excluding steroid dienone is 1. The maximum Gasteiger partial charge on any atom is 0.349 e. The smallest absolute Gasteiger partial charge is 0.349 e. The van der Waals surface area contributed by atoms with E-state index in [2.05, 4.69) is 0 Å². The third-order valence-electron chi connectivity index (χ3n) is 2.28. The van der Waals surface area contributed by atoms with Crippen LogP contribution in [0, 0.1) is 5.41 Å². The second-order valence-corrected chi connectivity index (χ2v) is 6.69. The first-order valence-corrected chi connectivity index (χ1v) is 5.88. The van der Waals surface area contributed by atoms with E-state index >= 15 is 0 Å². The Kier molecular flexibility index (Phi) is 4.55. The maximum absolute atomic E-state index is 14.9. The second-order valence-electron chi connectivity index (χ2n) is 6.69. The Morgan fingerprint density at radius 1 is 1.06 bits per heavy atom. The fourth-order valence-electron chi connectivity index (χ4n) is 1.33. The normalized spacial score (nSPS) is 16.1. The topological polar surface area (TPSA) is 26.3 Å². The molecule has 0 aliphatic heterocycles. The van der Waals surface area contributed by atoms with Crippen LogP contribution in [-0.2, 0) is 9.53 Å². The van der Waals surface area contributed by atoms with Crippen molar-refractivity contribution in [2.45, 2.75) is 66.7 Å². The molecule has 0 saturated carbocycles. The molecule has 0 radical (unpaired) electrons. The van der Waals surface area contributed by atoms with Crippen molar-refractivity contribution in [1.82, 2.24) is 0 Å². The highest BCUT2D eigenvalue weighted by Gasteiger charge is 2.50. The molecule has 100 valence electrons. The minimum Gasteiger partial charge on any atom is -0.457 e. The summed E-state index contributed by atoms with van der Waals surface area (Å²) < 4.78 is 20.1. The number of alkyl halides is 1. The summed E-state index contributed by atoms with van der Waals surface area (Å²) in [6, 6.07) is 0. The lowest BCUT2D eigenvalue weighted by Crippen LogP contribution is -2.48. The summed E-state index contributed by atoms with van der Waals surface area (Å²) in [7, 11) is 0. The van der Waals surface area contributed by atoms with Gasteiger partial charge < -0.3 is 4.74 Å². The van der Waals surface area contributed by atoms with E-state index in [-0.39, 0.29) is 0 Å². The fourth-order valence-corrected chi connectivity index (χ4v) is 1.33. The first-order valence-electron chi connectivity index (χ1n) is 5.88. The number of esters is 1. The van der Waals surface area contributed by atoms with E-state index in [1.807, 2.05) is 0 Å². The van der Waals surface area contributed by atoms with E-state index in [4.69, 9.17) is 4.74 Å². The standard InChI is InChI=1S/C14H25FO2/c1-10(2)9-14(15,12(3,4)5)11(16)17-13(6,7)8/h9H,1-8H3. The van der Waals surface area contributed by atoms with E-state index in [9.17, 15) is 9.18 Å². The van der Waals surface area contributed by atoms with Crippen LogP contribution in [0.25, 0.3) is 0 Å². The molecule has 0 heterocycles. The summed E-state index contributed by atoms with van der Waals surface area (Å²) in [4.78, 5) is 12.0. The molecule has 0 aromatic carbocycles. The van der Waals surface area contributed by atoms with Crippen molar-refractivity contribution < 1.29 is 13.9 Å². The van der Waals surface area contributed by atoms with Crippen molar-refractivity contribution >= 4 is 5.97 Å². The molecule has 1 atom stereocenters. The van der Waals surface area contributed by atoms with Gasteiger partial charge in [-0.3, -0.25) is 0 Å². The molecule has 0 fully saturated rings. The summed E-state index contributed by atoms with van der Waals surface area (Å²) in [6.45, 7) is 13.8. The number of carbonyl (C=O) groups is 1. The molecule has 1 unspecified atom stereocenters. The van der Waals surface area contributed by atoms with Gasteiger partial charge in [0.05, 0.1) is 0 Å². The van der Waals surface area contributed by atoms with E-state index in [1.165, 1.54) is 6.08 Å². The maximum atomic E-state index is 14.9. The van der Waals surface area contributed by atoms with Crippen LogP contribution >= 0.6 is 0 Å². The largest absolute Gasteiger partial charge is 0.457 e. The molecule has 0 saturated heterocycles. The van der Waals surface area contributed by atoms with Gasteiger partial charge in [-0.1, -0.05) is 26.3 Å². The number of rotatable bonds is 2. The second kappa shape index (κ2) is 4.79. The van der Waals surface area contributed by atoms with Crippen molar-refractivity contribution in [3.8, 4) is 0 Å². The van der Waals surface area contributed by atoms with Crippen LogP contribution in [0.2, 0.25) is 0 Å². The summed E-state index contributed by atoms with van der Waals surface area (Å²) in [5, 5.41) is 0. The van der Waals surface area contributed by atoms with Gasteiger partial charge in [0, 0.05) is 5.41 Å². The van der Waals surface area contributed by atoms with Gasteiger partial charge in [0.1, 0.15) is 5.60 Å². The van der Waals surface area contributed by atoms with E-state index in [0.717, 1.165) is 5.57 Å². The highest BCUT2D eigenvalue weighted by molar-refractivity contribution is 5.83. The summed E-state index contributed by atoms with van der Waals surface area (Å²) in [6.07, 6.45) is 1.35. The number of carbonyl (C=O) groups excluding carboxylic acids is 1. The van der Waals surface area contributed by atoms with Crippen LogP contribution in [0.1, 0.15) is 55.4 Å². The quantitative estimate of drug-likeness (QED) is 0.541. The van der Waals surface area contributed by atoms with Gasteiger partial charge in [0.15, 0.2) is 0 Å². The Bertz CT molecular complexity index is 314. The van der Waals surface area contributed by atoms with Gasteiger partial charge in [-0.15, -0.1) is 0 Å². The van der Waals surface area contributed by atoms with E-state index < -0.39 is 22.7 Å². The van der Waals surface area contributed by atoms with E-state index in [1.54, 1.807) is 55.4 Å². The molecule has 2 nitrogen and oxygen atoms in total. The molecule has 0 aliphatic rings. The minimum absolute atomic E-state index is 0.685. The third-order valence-corrected chi connectivity index (χ3v) is 2.28. The Balaban J connectivity index is 5.37. The summed E-state index contributed by atoms with van der Waals surface area (Å²) >= 11 is 0. The molecule has 17 heavy (non-hydrogen) atoms. The van der Waals surface area contributed by atoms with Crippen molar-refractivity contribution in [3.63, 3.8) is 0 Å². The lowest BCUT2D eigenvalue weighted by atomic mass is 9.77. The monoisotopic (exact) mass is 244 g/mol. The van der Waals surface area contributed by atoms with Crippen LogP contribution in [0.15, 0.2) is 11.6 Å². The molecule has 0 amide bonds. The van der Waals surface area contributed by atoms with Gasteiger partial charge in [-0.2, -0.15) is 0 Å². The Morgan fingerprint density at radius 3 is 1.71 bits per heavy atom. The molecular weight excluding hydrogens is 219 g/mol. The highest BCUT2D eigenvalue weighted by atomic mass is 19.1. The molecule has 0 bridgehead atoms. The van der Waals surface area contributed by atoms with E-state index in [0.29, 0.717) is 0 Å². The molecular formula is C14H25FO2. The zero-order valence-corrected chi connectivity index (χ0v) is 12.3. The molecule has 0 spiro atoms. The van der Waals surface area contributed by atoms with Crippen molar-refractivity contribution in [1.29, 1.82) is 0 Å². The van der Waals surface area contributed by atoms with Crippen LogP contribution in [-0.4, -0.2) is 17.2 Å².